The lowest BCUT2D eigenvalue weighted by molar-refractivity contribution is -0.138. The number of carbonyl (C=O) groups excluding carboxylic acids is 9. The molecule has 0 unspecified atom stereocenters. The normalized spacial score (nSPS) is 13.6. The Morgan fingerprint density at radius 2 is 1.21 bits per heavy atom. The van der Waals surface area contributed by atoms with E-state index in [0.717, 1.165) is 10.9 Å². The first-order valence-electron chi connectivity index (χ1n) is 26.0. The van der Waals surface area contributed by atoms with Crippen LogP contribution in [0, 0.1) is 0 Å². The summed E-state index contributed by atoms with van der Waals surface area (Å²) in [7, 11) is 0. The highest BCUT2D eigenvalue weighted by atomic mass is 32.2. The Hall–Kier alpha value is -8.53. The molecule has 28 heteroatoms. The van der Waals surface area contributed by atoms with Crippen LogP contribution in [0.4, 0.5) is 0 Å². The number of benzene rings is 2. The maximum Gasteiger partial charge on any atom is 0.303 e. The monoisotopic (exact) mass is 1130 g/mol. The molecule has 4 rings (SSSR count). The van der Waals surface area contributed by atoms with Crippen molar-refractivity contribution in [1.82, 2.24) is 57.5 Å². The lowest BCUT2D eigenvalue weighted by Gasteiger charge is -2.28. The van der Waals surface area contributed by atoms with Crippen LogP contribution in [0.5, 0.6) is 0 Å². The molecule has 0 fully saturated rings. The third-order valence-corrected chi connectivity index (χ3v) is 13.1. The maximum absolute atomic E-state index is 14.7. The fourth-order valence-electron chi connectivity index (χ4n) is 8.35. The van der Waals surface area contributed by atoms with E-state index < -0.39 is 121 Å². The number of hydrogen-bond acceptors (Lipinski definition) is 14. The molecule has 27 nitrogen and oxygen atoms in total. The number of fused-ring (bicyclic) bond motifs is 1. The molecule has 2 aromatic heterocycles. The van der Waals surface area contributed by atoms with Crippen LogP contribution in [-0.4, -0.2) is 159 Å². The van der Waals surface area contributed by atoms with Gasteiger partial charge in [0, 0.05) is 68.1 Å². The van der Waals surface area contributed by atoms with Gasteiger partial charge < -0.3 is 80.5 Å². The molecule has 9 amide bonds. The predicted octanol–water partition coefficient (Wildman–Crippen LogP) is -2.27. The van der Waals surface area contributed by atoms with Crippen molar-refractivity contribution in [3.63, 3.8) is 0 Å². The van der Waals surface area contributed by atoms with E-state index in [0.29, 0.717) is 42.0 Å². The molecular formula is C52H74N16O11S. The number of nitrogens with zero attached hydrogens (tertiary/aromatic N) is 2. The first kappa shape index (κ1) is 64.0. The van der Waals surface area contributed by atoms with Crippen molar-refractivity contribution in [2.45, 2.75) is 120 Å². The number of aromatic amines is 2. The molecule has 7 atom stereocenters. The Bertz CT molecular complexity index is 2740. The number of unbranched alkanes of at least 4 members (excludes halogenated alkanes) is 1. The summed E-state index contributed by atoms with van der Waals surface area (Å²) in [4.78, 5) is 149. The Kier molecular flexibility index (Phi) is 27.0. The number of carboxylic acids is 1. The average molecular weight is 1130 g/mol. The fraction of sp³-hybridized carbons (Fsp3) is 0.462. The molecule has 0 spiro atoms. The second-order valence-corrected chi connectivity index (χ2v) is 19.8. The molecule has 0 saturated carbocycles. The number of nitrogens with two attached hydrogens (primary N) is 4. The van der Waals surface area contributed by atoms with Crippen molar-refractivity contribution >= 4 is 87.8 Å². The van der Waals surface area contributed by atoms with Gasteiger partial charge in [0.2, 0.25) is 53.2 Å². The number of thioether (sulfide) groups is 1. The van der Waals surface area contributed by atoms with Crippen molar-refractivity contribution in [2.24, 2.45) is 27.9 Å². The summed E-state index contributed by atoms with van der Waals surface area (Å²) in [6.07, 6.45) is 6.25. The van der Waals surface area contributed by atoms with Gasteiger partial charge in [-0.15, -0.1) is 0 Å². The number of hydrogen-bond donors (Lipinski definition) is 15. The molecule has 4 aromatic rings. The molecule has 0 radical (unpaired) electrons. The number of rotatable bonds is 36. The minimum absolute atomic E-state index is 0.0215. The van der Waals surface area contributed by atoms with E-state index >= 15 is 0 Å². The fourth-order valence-corrected chi connectivity index (χ4v) is 8.82. The van der Waals surface area contributed by atoms with E-state index in [1.165, 1.54) is 31.2 Å². The average Bonchev–Trinajstić information content (AvgIpc) is 4.11. The number of H-pyrrole nitrogens is 2. The largest absolute Gasteiger partial charge is 0.481 e. The molecule has 80 heavy (non-hydrogen) atoms. The molecular weight excluding hydrogens is 1060 g/mol. The summed E-state index contributed by atoms with van der Waals surface area (Å²) in [5, 5.41) is 31.2. The van der Waals surface area contributed by atoms with Crippen LogP contribution in [0.1, 0.15) is 75.1 Å². The molecule has 19 N–H and O–H groups in total. The second kappa shape index (κ2) is 33.7. The van der Waals surface area contributed by atoms with Crippen LogP contribution >= 0.6 is 11.8 Å². The third kappa shape index (κ3) is 22.4. The van der Waals surface area contributed by atoms with Gasteiger partial charge in [-0.25, -0.2) is 4.98 Å². The summed E-state index contributed by atoms with van der Waals surface area (Å²) in [5.74, 6) is -8.20. The number of imidazole rings is 1. The zero-order valence-corrected chi connectivity index (χ0v) is 45.5. The van der Waals surface area contributed by atoms with Crippen molar-refractivity contribution in [3.05, 3.63) is 90.1 Å². The van der Waals surface area contributed by atoms with Gasteiger partial charge in [0.15, 0.2) is 5.96 Å². The smallest absolute Gasteiger partial charge is 0.303 e. The number of primary amides is 1. The molecule has 0 aliphatic carbocycles. The predicted molar refractivity (Wildman–Crippen MR) is 299 cm³/mol. The number of aromatic nitrogens is 3. The van der Waals surface area contributed by atoms with Crippen molar-refractivity contribution in [2.75, 3.05) is 31.6 Å². The van der Waals surface area contributed by atoms with Crippen LogP contribution in [0.15, 0.2) is 78.3 Å². The summed E-state index contributed by atoms with van der Waals surface area (Å²) >= 11 is 1.41. The van der Waals surface area contributed by atoms with Crippen molar-refractivity contribution < 1.29 is 53.1 Å². The van der Waals surface area contributed by atoms with Gasteiger partial charge in [-0.3, -0.25) is 52.9 Å². The lowest BCUT2D eigenvalue weighted by Crippen LogP contribution is -2.60. The van der Waals surface area contributed by atoms with Crippen LogP contribution < -0.4 is 65.5 Å². The topological polar surface area (TPSA) is 448 Å². The molecule has 0 bridgehead atoms. The second-order valence-electron chi connectivity index (χ2n) is 18.8. The van der Waals surface area contributed by atoms with E-state index in [9.17, 15) is 53.1 Å². The van der Waals surface area contributed by atoms with Crippen molar-refractivity contribution in [3.8, 4) is 0 Å². The van der Waals surface area contributed by atoms with E-state index in [2.05, 4.69) is 62.5 Å². The first-order valence-corrected chi connectivity index (χ1v) is 27.3. The minimum atomic E-state index is -1.51. The summed E-state index contributed by atoms with van der Waals surface area (Å²) < 4.78 is 0. The van der Waals surface area contributed by atoms with Crippen LogP contribution in [-0.2, 0) is 67.2 Å². The molecule has 0 aliphatic heterocycles. The maximum atomic E-state index is 14.7. The highest BCUT2D eigenvalue weighted by Crippen LogP contribution is 2.20. The number of aliphatic imine (C=N–C) groups is 1. The Morgan fingerprint density at radius 3 is 1.80 bits per heavy atom. The molecule has 0 saturated heterocycles. The SMILES string of the molecule is CSCC[C@H](NC(C)=O)C(=O)N[C@@H](CCC(=O)O)C(=O)N[C@@H](Cc1cnc[nH]1)C(=O)N[C@@H](Cc1ccccc1)C(=O)N[C@@H](CCCN=C(N)N)C(=O)N[C@@H](Cc1c[nH]c2ccccc12)C(=O)NCC(=O)N[C@@H](CCCCN)C(N)=O. The number of para-hydroxylation sites is 1. The number of nitrogens with one attached hydrogen (secondary N) is 10. The van der Waals surface area contributed by atoms with E-state index in [-0.39, 0.29) is 57.5 Å². The first-order chi connectivity index (χ1) is 38.3. The lowest BCUT2D eigenvalue weighted by atomic mass is 10.0. The zero-order valence-electron chi connectivity index (χ0n) is 44.7. The van der Waals surface area contributed by atoms with E-state index in [4.69, 9.17) is 22.9 Å². The van der Waals surface area contributed by atoms with E-state index in [1.54, 1.807) is 48.9 Å². The highest BCUT2D eigenvalue weighted by Gasteiger charge is 2.35. The zero-order chi connectivity index (χ0) is 58.6. The summed E-state index contributed by atoms with van der Waals surface area (Å²) in [6.45, 7) is 1.01. The van der Waals surface area contributed by atoms with Gasteiger partial charge in [-0.2, -0.15) is 11.8 Å². The summed E-state index contributed by atoms with van der Waals surface area (Å²) in [5.41, 5.74) is 24.6. The number of aliphatic carboxylic acids is 1. The Labute approximate surface area is 466 Å². The van der Waals surface area contributed by atoms with Crippen molar-refractivity contribution in [1.29, 1.82) is 0 Å². The molecule has 0 aliphatic rings. The third-order valence-electron chi connectivity index (χ3n) is 12.5. The van der Waals surface area contributed by atoms with Gasteiger partial charge in [0.25, 0.3) is 0 Å². The van der Waals surface area contributed by atoms with Gasteiger partial charge in [0.1, 0.15) is 42.3 Å². The number of carbonyl (C=O) groups is 10. The Morgan fingerprint density at radius 1 is 0.637 bits per heavy atom. The van der Waals surface area contributed by atoms with Gasteiger partial charge in [0.05, 0.1) is 12.9 Å². The summed E-state index contributed by atoms with van der Waals surface area (Å²) in [6, 6.07) is 6.43. The van der Waals surface area contributed by atoms with Crippen LogP contribution in [0.2, 0.25) is 0 Å². The van der Waals surface area contributed by atoms with Gasteiger partial charge in [-0.1, -0.05) is 48.5 Å². The van der Waals surface area contributed by atoms with Gasteiger partial charge in [-0.05, 0) is 80.7 Å². The number of guanidine groups is 1. The Balaban J connectivity index is 1.66. The number of amides is 9. The van der Waals surface area contributed by atoms with Gasteiger partial charge >= 0.3 is 5.97 Å². The molecule has 2 heterocycles. The number of carboxylic acid groups (broad SMARTS) is 1. The highest BCUT2D eigenvalue weighted by molar-refractivity contribution is 7.98. The quantitative estimate of drug-likeness (QED) is 0.0130. The van der Waals surface area contributed by atoms with E-state index in [1.807, 2.05) is 18.2 Å². The molecule has 434 valence electrons. The van der Waals surface area contributed by atoms with Crippen LogP contribution in [0.3, 0.4) is 0 Å². The standard InChI is InChI=1S/C52H74N16O11S/c1-30(69)62-39(19-22-80-2)49(77)65-38(17-18-44(71)72)48(76)68-42(25-33-27-57-29-61-33)51(79)66-40(23-31-11-4-3-5-12-31)50(78)64-37(16-10-21-58-52(55)56)47(75)67-41(24-32-26-59-35-14-7-6-13-34(32)35)46(74)60-28-43(70)63-36(45(54)73)15-8-9-20-53/h3-7,11-14,26-27,29,36-42,59H,8-10,15-25,28,53H2,1-2H3,(H2,54,73)(H,57,61)(H,60,74)(H,62,69)(H,63,70)(H,64,78)(H,65,77)(H,66,79)(H,67,75)(H,68,76)(H,71,72)(H4,55,56,58)/t36-,37-,38-,39-,40-,41-,42-/m0/s1. The minimum Gasteiger partial charge on any atom is -0.481 e. The van der Waals surface area contributed by atoms with Crippen LogP contribution in [0.25, 0.3) is 10.9 Å². The molecule has 2 aromatic carbocycles.